The highest BCUT2D eigenvalue weighted by Crippen LogP contribution is 2.23. The Hall–Kier alpha value is -0.870. The highest BCUT2D eigenvalue weighted by Gasteiger charge is 2.11. The molecule has 0 aromatic heterocycles. The van der Waals surface area contributed by atoms with E-state index < -0.39 is 6.10 Å². The predicted molar refractivity (Wildman–Crippen MR) is 83.7 cm³/mol. The molecule has 0 spiro atoms. The Labute approximate surface area is 122 Å². The molecule has 0 bridgehead atoms. The number of aryl methyl sites for hydroxylation is 1. The van der Waals surface area contributed by atoms with Gasteiger partial charge in [0.15, 0.2) is 0 Å². The van der Waals surface area contributed by atoms with Crippen molar-refractivity contribution in [2.45, 2.75) is 26.4 Å². The van der Waals surface area contributed by atoms with Gasteiger partial charge in [0.25, 0.3) is 0 Å². The Kier molecular flexibility index (Phi) is 4.40. The minimum atomic E-state index is -0.426. The Bertz CT molecular complexity index is 531. The van der Waals surface area contributed by atoms with Crippen LogP contribution in [0.4, 0.5) is 0 Å². The average Bonchev–Trinajstić information content (AvgIpc) is 2.35. The van der Waals surface area contributed by atoms with Gasteiger partial charge in [0.05, 0.1) is 6.10 Å². The SMILES string of the molecule is Cc1cccc(C(O)Cc2ccc(I)cc2)c1C. The molecule has 2 rings (SSSR count). The maximum Gasteiger partial charge on any atom is 0.0833 e. The molecule has 0 heterocycles. The minimum absolute atomic E-state index is 0.426. The van der Waals surface area contributed by atoms with Crippen molar-refractivity contribution in [3.63, 3.8) is 0 Å². The molecule has 94 valence electrons. The van der Waals surface area contributed by atoms with Crippen molar-refractivity contribution in [1.82, 2.24) is 0 Å². The first kappa shape index (κ1) is 13.6. The topological polar surface area (TPSA) is 20.2 Å². The van der Waals surface area contributed by atoms with E-state index in [1.807, 2.05) is 12.1 Å². The van der Waals surface area contributed by atoms with E-state index in [1.54, 1.807) is 0 Å². The molecule has 2 aromatic rings. The summed E-state index contributed by atoms with van der Waals surface area (Å²) in [5.41, 5.74) is 4.63. The summed E-state index contributed by atoms with van der Waals surface area (Å²) >= 11 is 2.29. The van der Waals surface area contributed by atoms with E-state index in [4.69, 9.17) is 0 Å². The normalized spacial score (nSPS) is 12.4. The molecule has 18 heavy (non-hydrogen) atoms. The molecular weight excluding hydrogens is 335 g/mol. The standard InChI is InChI=1S/C16H17IO/c1-11-4-3-5-15(12(11)2)16(18)10-13-6-8-14(17)9-7-13/h3-9,16,18H,10H2,1-2H3. The largest absolute Gasteiger partial charge is 0.388 e. The molecule has 0 aliphatic rings. The first-order valence-electron chi connectivity index (χ1n) is 6.06. The fourth-order valence-corrected chi connectivity index (χ4v) is 2.45. The molecule has 1 unspecified atom stereocenters. The average molecular weight is 352 g/mol. The van der Waals surface area contributed by atoms with Crippen molar-refractivity contribution in [3.8, 4) is 0 Å². The van der Waals surface area contributed by atoms with Crippen LogP contribution in [0.1, 0.15) is 28.4 Å². The van der Waals surface area contributed by atoms with Gasteiger partial charge in [-0.15, -0.1) is 0 Å². The molecule has 0 aliphatic heterocycles. The Balaban J connectivity index is 2.19. The van der Waals surface area contributed by atoms with Crippen molar-refractivity contribution >= 4 is 22.6 Å². The second-order valence-electron chi connectivity index (χ2n) is 4.64. The Morgan fingerprint density at radius 1 is 1.06 bits per heavy atom. The lowest BCUT2D eigenvalue weighted by Gasteiger charge is -2.15. The number of hydrogen-bond donors (Lipinski definition) is 1. The van der Waals surface area contributed by atoms with Crippen LogP contribution in [0, 0.1) is 17.4 Å². The smallest absolute Gasteiger partial charge is 0.0833 e. The van der Waals surface area contributed by atoms with Gasteiger partial charge in [0, 0.05) is 9.99 Å². The number of hydrogen-bond acceptors (Lipinski definition) is 1. The first-order valence-corrected chi connectivity index (χ1v) is 7.14. The van der Waals surface area contributed by atoms with E-state index in [-0.39, 0.29) is 0 Å². The van der Waals surface area contributed by atoms with Crippen LogP contribution >= 0.6 is 22.6 Å². The summed E-state index contributed by atoms with van der Waals surface area (Å²) in [4.78, 5) is 0. The second-order valence-corrected chi connectivity index (χ2v) is 5.88. The fourth-order valence-electron chi connectivity index (χ4n) is 2.09. The van der Waals surface area contributed by atoms with Gasteiger partial charge in [0.2, 0.25) is 0 Å². The van der Waals surface area contributed by atoms with E-state index >= 15 is 0 Å². The molecule has 1 nitrogen and oxygen atoms in total. The Morgan fingerprint density at radius 2 is 1.72 bits per heavy atom. The lowest BCUT2D eigenvalue weighted by Crippen LogP contribution is -2.04. The zero-order valence-electron chi connectivity index (χ0n) is 10.7. The maximum absolute atomic E-state index is 10.3. The highest BCUT2D eigenvalue weighted by molar-refractivity contribution is 14.1. The predicted octanol–water partition coefficient (Wildman–Crippen LogP) is 4.18. The lowest BCUT2D eigenvalue weighted by atomic mass is 9.95. The molecule has 2 heteroatoms. The molecular formula is C16H17IO. The summed E-state index contributed by atoms with van der Waals surface area (Å²) in [5, 5.41) is 10.3. The lowest BCUT2D eigenvalue weighted by molar-refractivity contribution is 0.177. The molecule has 1 N–H and O–H groups in total. The van der Waals surface area contributed by atoms with Crippen LogP contribution in [0.5, 0.6) is 0 Å². The fraction of sp³-hybridized carbons (Fsp3) is 0.250. The van der Waals surface area contributed by atoms with Gasteiger partial charge in [-0.1, -0.05) is 30.3 Å². The number of aliphatic hydroxyl groups is 1. The van der Waals surface area contributed by atoms with Crippen LogP contribution in [0.2, 0.25) is 0 Å². The van der Waals surface area contributed by atoms with Crippen molar-refractivity contribution < 1.29 is 5.11 Å². The minimum Gasteiger partial charge on any atom is -0.388 e. The van der Waals surface area contributed by atoms with Gasteiger partial charge in [-0.25, -0.2) is 0 Å². The number of rotatable bonds is 3. The van der Waals surface area contributed by atoms with Gasteiger partial charge in [-0.2, -0.15) is 0 Å². The van der Waals surface area contributed by atoms with E-state index in [0.717, 1.165) is 5.56 Å². The van der Waals surface area contributed by atoms with Crippen molar-refractivity contribution in [1.29, 1.82) is 0 Å². The van der Waals surface area contributed by atoms with E-state index in [1.165, 1.54) is 20.3 Å². The summed E-state index contributed by atoms with van der Waals surface area (Å²) in [6.45, 7) is 4.15. The summed E-state index contributed by atoms with van der Waals surface area (Å²) in [6, 6.07) is 14.4. The highest BCUT2D eigenvalue weighted by atomic mass is 127. The quantitative estimate of drug-likeness (QED) is 0.822. The molecule has 0 aliphatic carbocycles. The van der Waals surface area contributed by atoms with E-state index in [0.29, 0.717) is 6.42 Å². The van der Waals surface area contributed by atoms with Gasteiger partial charge < -0.3 is 5.11 Å². The first-order chi connectivity index (χ1) is 8.58. The van der Waals surface area contributed by atoms with Crippen LogP contribution in [-0.4, -0.2) is 5.11 Å². The number of benzene rings is 2. The number of aliphatic hydroxyl groups excluding tert-OH is 1. The van der Waals surface area contributed by atoms with E-state index in [2.05, 4.69) is 66.8 Å². The van der Waals surface area contributed by atoms with E-state index in [9.17, 15) is 5.11 Å². The van der Waals surface area contributed by atoms with Crippen LogP contribution in [-0.2, 0) is 6.42 Å². The van der Waals surface area contributed by atoms with Crippen LogP contribution < -0.4 is 0 Å². The van der Waals surface area contributed by atoms with Crippen molar-refractivity contribution in [2.24, 2.45) is 0 Å². The van der Waals surface area contributed by atoms with Crippen LogP contribution in [0.25, 0.3) is 0 Å². The van der Waals surface area contributed by atoms with Crippen LogP contribution in [0.15, 0.2) is 42.5 Å². The molecule has 0 saturated carbocycles. The molecule has 1 atom stereocenters. The summed E-state index contributed by atoms with van der Waals surface area (Å²) in [7, 11) is 0. The third-order valence-electron chi connectivity index (χ3n) is 3.35. The zero-order valence-corrected chi connectivity index (χ0v) is 12.8. The van der Waals surface area contributed by atoms with Gasteiger partial charge in [-0.3, -0.25) is 0 Å². The van der Waals surface area contributed by atoms with Gasteiger partial charge in [-0.05, 0) is 70.8 Å². The molecule has 0 radical (unpaired) electrons. The molecule has 0 saturated heterocycles. The summed E-state index contributed by atoms with van der Waals surface area (Å²) < 4.78 is 1.22. The van der Waals surface area contributed by atoms with Gasteiger partial charge in [0.1, 0.15) is 0 Å². The zero-order chi connectivity index (χ0) is 13.1. The maximum atomic E-state index is 10.3. The third-order valence-corrected chi connectivity index (χ3v) is 4.07. The monoisotopic (exact) mass is 352 g/mol. The summed E-state index contributed by atoms with van der Waals surface area (Å²) in [6.07, 6.45) is 0.242. The third kappa shape index (κ3) is 3.12. The van der Waals surface area contributed by atoms with Gasteiger partial charge >= 0.3 is 0 Å². The number of halogens is 1. The Morgan fingerprint density at radius 3 is 2.39 bits per heavy atom. The van der Waals surface area contributed by atoms with Crippen molar-refractivity contribution in [3.05, 3.63) is 68.3 Å². The summed E-state index contributed by atoms with van der Waals surface area (Å²) in [5.74, 6) is 0. The second kappa shape index (κ2) is 5.85. The molecule has 0 amide bonds. The molecule has 2 aromatic carbocycles. The van der Waals surface area contributed by atoms with Crippen LogP contribution in [0.3, 0.4) is 0 Å². The van der Waals surface area contributed by atoms with Crippen molar-refractivity contribution in [2.75, 3.05) is 0 Å². The molecule has 0 fully saturated rings.